The lowest BCUT2D eigenvalue weighted by Crippen LogP contribution is -2.32. The Hall–Kier alpha value is -3.62. The summed E-state index contributed by atoms with van der Waals surface area (Å²) in [7, 11) is -7.48. The Morgan fingerprint density at radius 1 is 0.478 bits per heavy atom. The third kappa shape index (κ3) is 8.39. The zero-order valence-corrected chi connectivity index (χ0v) is 29.3. The van der Waals surface area contributed by atoms with Crippen molar-refractivity contribution in [2.75, 3.05) is 21.7 Å². The molecule has 4 rings (SSSR count). The molecule has 0 aliphatic heterocycles. The van der Waals surface area contributed by atoms with Crippen molar-refractivity contribution in [2.24, 2.45) is 0 Å². The molecule has 0 radical (unpaired) electrons. The highest BCUT2D eigenvalue weighted by atomic mass is 32.2. The Balaban J connectivity index is 1.67. The average molecular weight is 661 g/mol. The molecular formula is C38H48N2O4S2. The molecule has 0 spiro atoms. The van der Waals surface area contributed by atoms with Gasteiger partial charge in [0.05, 0.1) is 21.2 Å². The van der Waals surface area contributed by atoms with E-state index >= 15 is 0 Å². The highest BCUT2D eigenvalue weighted by molar-refractivity contribution is 7.93. The quantitative estimate of drug-likeness (QED) is 0.106. The van der Waals surface area contributed by atoms with Gasteiger partial charge in [-0.3, -0.25) is 8.61 Å². The minimum atomic E-state index is -3.74. The van der Waals surface area contributed by atoms with E-state index in [0.29, 0.717) is 24.5 Å². The Bertz CT molecular complexity index is 1640. The summed E-state index contributed by atoms with van der Waals surface area (Å²) in [6.45, 7) is 9.00. The number of hydrogen-bond acceptors (Lipinski definition) is 4. The lowest BCUT2D eigenvalue weighted by atomic mass is 9.99. The highest BCUT2D eigenvalue weighted by Gasteiger charge is 2.27. The molecule has 0 atom stereocenters. The maximum absolute atomic E-state index is 13.8. The molecule has 8 heteroatoms. The molecular weight excluding hydrogens is 613 g/mol. The number of sulfonamides is 2. The van der Waals surface area contributed by atoms with E-state index in [1.807, 2.05) is 62.4 Å². The van der Waals surface area contributed by atoms with Crippen LogP contribution < -0.4 is 8.61 Å². The van der Waals surface area contributed by atoms with Crippen LogP contribution in [0.3, 0.4) is 0 Å². The van der Waals surface area contributed by atoms with Gasteiger partial charge in [0.2, 0.25) is 0 Å². The SMILES string of the molecule is CCCCCCN(c1ccc(-c2ccc(N(CCCCCC)S(=O)(=O)c3ccccc3)c(C)c2)cc1C)S(=O)(=O)c1ccccc1. The van der Waals surface area contributed by atoms with Crippen LogP contribution in [0.25, 0.3) is 11.1 Å². The molecule has 0 saturated carbocycles. The predicted octanol–water partition coefficient (Wildman–Crippen LogP) is 9.52. The number of unbranched alkanes of at least 4 members (excludes halogenated alkanes) is 6. The van der Waals surface area contributed by atoms with Gasteiger partial charge in [-0.25, -0.2) is 16.8 Å². The summed E-state index contributed by atoms with van der Waals surface area (Å²) in [5.74, 6) is 0. The van der Waals surface area contributed by atoms with Crippen LogP contribution >= 0.6 is 0 Å². The number of benzene rings is 4. The summed E-state index contributed by atoms with van der Waals surface area (Å²) in [4.78, 5) is 0.565. The van der Waals surface area contributed by atoms with Crippen molar-refractivity contribution < 1.29 is 16.8 Å². The van der Waals surface area contributed by atoms with Gasteiger partial charge in [0, 0.05) is 13.1 Å². The van der Waals surface area contributed by atoms with Crippen molar-refractivity contribution in [3.63, 3.8) is 0 Å². The molecule has 0 aliphatic carbocycles. The van der Waals surface area contributed by atoms with Gasteiger partial charge in [-0.05, 0) is 97.5 Å². The summed E-state index contributed by atoms with van der Waals surface area (Å²) >= 11 is 0. The van der Waals surface area contributed by atoms with Crippen molar-refractivity contribution in [1.82, 2.24) is 0 Å². The number of nitrogens with zero attached hydrogens (tertiary/aromatic N) is 2. The molecule has 0 aromatic heterocycles. The topological polar surface area (TPSA) is 74.8 Å². The molecule has 0 amide bonds. The van der Waals surface area contributed by atoms with Crippen LogP contribution in [0.15, 0.2) is 107 Å². The zero-order chi connectivity index (χ0) is 33.2. The summed E-state index contributed by atoms with van der Waals surface area (Å²) in [5.41, 5.74) is 4.95. The van der Waals surface area contributed by atoms with Crippen LogP contribution in [0.5, 0.6) is 0 Å². The van der Waals surface area contributed by atoms with E-state index in [9.17, 15) is 16.8 Å². The summed E-state index contributed by atoms with van der Waals surface area (Å²) in [6.07, 6.45) is 7.78. The maximum atomic E-state index is 13.8. The molecule has 6 nitrogen and oxygen atoms in total. The van der Waals surface area contributed by atoms with Crippen molar-refractivity contribution >= 4 is 31.4 Å². The molecule has 4 aromatic rings. The molecule has 0 saturated heterocycles. The first-order valence-electron chi connectivity index (χ1n) is 16.5. The standard InChI is InChI=1S/C38H48N2O4S2/c1-5-7-9-17-27-39(45(41,42)35-19-13-11-14-20-35)37-25-23-33(29-31(37)3)34-24-26-38(32(4)30-34)40(28-18-10-8-6-2)46(43,44)36-21-15-12-16-22-36/h11-16,19-26,29-30H,5-10,17-18,27-28H2,1-4H3. The minimum absolute atomic E-state index is 0.282. The molecule has 0 fully saturated rings. The van der Waals surface area contributed by atoms with E-state index in [-0.39, 0.29) is 9.79 Å². The molecule has 46 heavy (non-hydrogen) atoms. The first kappa shape index (κ1) is 35.2. The molecule has 246 valence electrons. The summed E-state index contributed by atoms with van der Waals surface area (Å²) < 4.78 is 58.4. The van der Waals surface area contributed by atoms with Gasteiger partial charge in [0.25, 0.3) is 20.0 Å². The van der Waals surface area contributed by atoms with Crippen molar-refractivity contribution in [2.45, 2.75) is 88.9 Å². The van der Waals surface area contributed by atoms with E-state index < -0.39 is 20.0 Å². The molecule has 0 aliphatic rings. The zero-order valence-electron chi connectivity index (χ0n) is 27.7. The fourth-order valence-corrected chi connectivity index (χ4v) is 8.95. The molecule has 4 aromatic carbocycles. The maximum Gasteiger partial charge on any atom is 0.264 e. The Kier molecular flexibility index (Phi) is 12.5. The molecule has 0 heterocycles. The number of rotatable bonds is 17. The summed E-state index contributed by atoms with van der Waals surface area (Å²) in [6, 6.07) is 29.0. The number of anilines is 2. The highest BCUT2D eigenvalue weighted by Crippen LogP contribution is 2.34. The largest absolute Gasteiger partial charge is 0.266 e. The second-order valence-corrected chi connectivity index (χ2v) is 15.6. The second kappa shape index (κ2) is 16.3. The lowest BCUT2D eigenvalue weighted by Gasteiger charge is -2.27. The second-order valence-electron chi connectivity index (χ2n) is 11.9. The lowest BCUT2D eigenvalue weighted by molar-refractivity contribution is 0.584. The van der Waals surface area contributed by atoms with Crippen molar-refractivity contribution in [1.29, 1.82) is 0 Å². The van der Waals surface area contributed by atoms with Crippen molar-refractivity contribution in [3.05, 3.63) is 108 Å². The summed E-state index contributed by atoms with van der Waals surface area (Å²) in [5, 5.41) is 0. The van der Waals surface area contributed by atoms with Gasteiger partial charge < -0.3 is 0 Å². The molecule has 0 bridgehead atoms. The van der Waals surface area contributed by atoms with Gasteiger partial charge in [0.1, 0.15) is 0 Å². The minimum Gasteiger partial charge on any atom is -0.266 e. The van der Waals surface area contributed by atoms with Crippen LogP contribution in [0.1, 0.15) is 76.3 Å². The fourth-order valence-electron chi connectivity index (χ4n) is 5.77. The van der Waals surface area contributed by atoms with Crippen LogP contribution in [0, 0.1) is 13.8 Å². The normalized spacial score (nSPS) is 11.8. The van der Waals surface area contributed by atoms with Crippen molar-refractivity contribution in [3.8, 4) is 11.1 Å². The van der Waals surface area contributed by atoms with E-state index in [0.717, 1.165) is 73.6 Å². The van der Waals surface area contributed by atoms with E-state index in [1.165, 1.54) is 0 Å². The van der Waals surface area contributed by atoms with Crippen LogP contribution in [-0.4, -0.2) is 29.9 Å². The molecule has 0 unspecified atom stereocenters. The third-order valence-corrected chi connectivity index (χ3v) is 12.0. The predicted molar refractivity (Wildman–Crippen MR) is 192 cm³/mol. The molecule has 0 N–H and O–H groups in total. The average Bonchev–Trinajstić information content (AvgIpc) is 3.06. The first-order chi connectivity index (χ1) is 22.1. The van der Waals surface area contributed by atoms with Gasteiger partial charge in [0.15, 0.2) is 0 Å². The third-order valence-electron chi connectivity index (χ3n) is 8.36. The Morgan fingerprint density at radius 2 is 0.848 bits per heavy atom. The Morgan fingerprint density at radius 3 is 1.17 bits per heavy atom. The number of aryl methyl sites for hydroxylation is 2. The fraction of sp³-hybridized carbons (Fsp3) is 0.368. The van der Waals surface area contributed by atoms with E-state index in [2.05, 4.69) is 13.8 Å². The smallest absolute Gasteiger partial charge is 0.264 e. The first-order valence-corrected chi connectivity index (χ1v) is 19.4. The van der Waals surface area contributed by atoms with E-state index in [4.69, 9.17) is 0 Å². The Labute approximate surface area is 277 Å². The monoisotopic (exact) mass is 660 g/mol. The van der Waals surface area contributed by atoms with Crippen LogP contribution in [0.4, 0.5) is 11.4 Å². The number of hydrogen-bond donors (Lipinski definition) is 0. The van der Waals surface area contributed by atoms with Gasteiger partial charge in [-0.15, -0.1) is 0 Å². The van der Waals surface area contributed by atoms with Crippen LogP contribution in [-0.2, 0) is 20.0 Å². The van der Waals surface area contributed by atoms with E-state index in [1.54, 1.807) is 57.1 Å². The van der Waals surface area contributed by atoms with Gasteiger partial charge >= 0.3 is 0 Å². The van der Waals surface area contributed by atoms with Gasteiger partial charge in [-0.1, -0.05) is 101 Å². The van der Waals surface area contributed by atoms with Gasteiger partial charge in [-0.2, -0.15) is 0 Å². The van der Waals surface area contributed by atoms with Crippen LogP contribution in [0.2, 0.25) is 0 Å².